The summed E-state index contributed by atoms with van der Waals surface area (Å²) < 4.78 is 43.4. The molecule has 0 aliphatic heterocycles. The number of methoxy groups -OCH3 is 4. The molecule has 0 saturated heterocycles. The Morgan fingerprint density at radius 2 is 0.880 bits per heavy atom. The van der Waals surface area contributed by atoms with Gasteiger partial charge in [0.2, 0.25) is 0 Å². The van der Waals surface area contributed by atoms with Gasteiger partial charge in [0, 0.05) is 63.2 Å². The first kappa shape index (κ1) is 72.6. The van der Waals surface area contributed by atoms with Crippen LogP contribution in [0.2, 0.25) is 0 Å². The van der Waals surface area contributed by atoms with Gasteiger partial charge in [0.1, 0.15) is 12.2 Å². The summed E-state index contributed by atoms with van der Waals surface area (Å²) >= 11 is 0. The molecule has 466 valence electrons. The fourth-order valence-electron chi connectivity index (χ4n) is 9.16. The molecule has 20 heteroatoms. The molecule has 0 aliphatic rings. The van der Waals surface area contributed by atoms with Crippen LogP contribution in [-0.4, -0.2) is 141 Å². The third-order valence-electron chi connectivity index (χ3n) is 14.1. The maximum Gasteiger partial charge on any atom is 0.407 e. The molecular weight excluding hydrogens is 1070 g/mol. The number of carbonyl (C=O) groups excluding carboxylic acids is 4. The second kappa shape index (κ2) is 37.0. The number of alkyl carbamates (subject to hydrolysis) is 2. The highest BCUT2D eigenvalue weighted by atomic mass is 16.6. The van der Waals surface area contributed by atoms with Gasteiger partial charge in [-0.15, -0.1) is 0 Å². The van der Waals surface area contributed by atoms with Crippen molar-refractivity contribution in [3.05, 3.63) is 83.4 Å². The Morgan fingerprint density at radius 3 is 1.22 bits per heavy atom. The van der Waals surface area contributed by atoms with E-state index in [-0.39, 0.29) is 67.5 Å². The Balaban J connectivity index is 0.000000568. The van der Waals surface area contributed by atoms with Gasteiger partial charge in [-0.2, -0.15) is 0 Å². The number of carbonyl (C=O) groups is 6. The number of benzene rings is 3. The van der Waals surface area contributed by atoms with Crippen molar-refractivity contribution in [2.24, 2.45) is 47.3 Å². The number of hydrogen-bond donors (Lipinski definition) is 6. The summed E-state index contributed by atoms with van der Waals surface area (Å²) in [6, 6.07) is 17.2. The van der Waals surface area contributed by atoms with Crippen molar-refractivity contribution in [1.29, 1.82) is 0 Å². The molecule has 0 unspecified atom stereocenters. The van der Waals surface area contributed by atoms with Crippen LogP contribution in [0.4, 0.5) is 9.59 Å². The van der Waals surface area contributed by atoms with Crippen molar-refractivity contribution in [2.45, 2.75) is 151 Å². The Kier molecular flexibility index (Phi) is 32.3. The minimum atomic E-state index is -1.24. The first-order valence-electron chi connectivity index (χ1n) is 28.6. The first-order chi connectivity index (χ1) is 39.1. The Labute approximate surface area is 491 Å². The van der Waals surface area contributed by atoms with Gasteiger partial charge in [-0.05, 0) is 112 Å². The number of ether oxygens (including phenoxy) is 8. The van der Waals surface area contributed by atoms with E-state index in [1.54, 1.807) is 99.1 Å². The molecule has 0 heterocycles. The SMILES string of the molecule is COCCCOc1cc(C(=O)[C@@H](C[C@H](NC(=O)OC(C)(C)C)[C@@H](O)C[C@H](C(=O)O)C(C)C)C(C)C)ccc1OC.COCCCOc1cc(C(=O)[C@@H](C[C@H](NC(=O)OCc2ccccc2)[C@@H](O)C[C@H](C(=O)O)C(C)C)C(C)C)ccc1OC. The van der Waals surface area contributed by atoms with E-state index in [0.717, 1.165) is 5.56 Å². The van der Waals surface area contributed by atoms with Crippen LogP contribution >= 0.6 is 0 Å². The van der Waals surface area contributed by atoms with E-state index in [1.807, 2.05) is 58.0 Å². The quantitative estimate of drug-likeness (QED) is 0.0233. The predicted molar refractivity (Wildman–Crippen MR) is 314 cm³/mol. The lowest BCUT2D eigenvalue weighted by molar-refractivity contribution is -0.145. The van der Waals surface area contributed by atoms with Crippen molar-refractivity contribution >= 4 is 35.7 Å². The number of aliphatic carboxylic acids is 2. The monoisotopic (exact) mass is 1170 g/mol. The number of amides is 2. The van der Waals surface area contributed by atoms with E-state index >= 15 is 0 Å². The van der Waals surface area contributed by atoms with Gasteiger partial charge in [-0.25, -0.2) is 9.59 Å². The first-order valence-corrected chi connectivity index (χ1v) is 28.6. The summed E-state index contributed by atoms with van der Waals surface area (Å²) in [6.45, 7) is 21.6. The average molecular weight is 1170 g/mol. The largest absolute Gasteiger partial charge is 0.493 e. The van der Waals surface area contributed by atoms with Crippen LogP contribution in [0.3, 0.4) is 0 Å². The van der Waals surface area contributed by atoms with Crippen LogP contribution in [-0.2, 0) is 35.1 Å². The molecule has 20 nitrogen and oxygen atoms in total. The summed E-state index contributed by atoms with van der Waals surface area (Å²) in [5.74, 6) is -4.34. The summed E-state index contributed by atoms with van der Waals surface area (Å²) in [6.07, 6.45) is -2.70. The molecule has 3 rings (SSSR count). The molecule has 2 amide bonds. The second-order valence-electron chi connectivity index (χ2n) is 23.1. The zero-order valence-electron chi connectivity index (χ0n) is 51.6. The number of aliphatic hydroxyl groups is 2. The lowest BCUT2D eigenvalue weighted by Gasteiger charge is -2.32. The van der Waals surface area contributed by atoms with Gasteiger partial charge in [0.15, 0.2) is 34.6 Å². The number of aliphatic hydroxyl groups excluding tert-OH is 2. The lowest BCUT2D eigenvalue weighted by atomic mass is 9.80. The average Bonchev–Trinajstić information content (AvgIpc) is 3.62. The van der Waals surface area contributed by atoms with Crippen LogP contribution in [0.1, 0.15) is 141 Å². The fourth-order valence-corrected chi connectivity index (χ4v) is 9.16. The molecule has 8 atom stereocenters. The number of carboxylic acid groups (broad SMARTS) is 2. The van der Waals surface area contributed by atoms with E-state index in [4.69, 9.17) is 37.9 Å². The van der Waals surface area contributed by atoms with Gasteiger partial charge in [0.05, 0.1) is 63.6 Å². The second-order valence-corrected chi connectivity index (χ2v) is 23.1. The molecule has 3 aromatic rings. The molecule has 6 N–H and O–H groups in total. The van der Waals surface area contributed by atoms with Gasteiger partial charge in [-0.1, -0.05) is 85.7 Å². The molecule has 3 aromatic carbocycles. The maximum atomic E-state index is 13.9. The summed E-state index contributed by atoms with van der Waals surface area (Å²) in [5.41, 5.74) is 0.802. The molecule has 0 aromatic heterocycles. The number of ketones is 2. The molecule has 0 saturated carbocycles. The maximum absolute atomic E-state index is 13.9. The minimum Gasteiger partial charge on any atom is -0.493 e. The third kappa shape index (κ3) is 25.9. The van der Waals surface area contributed by atoms with Crippen molar-refractivity contribution < 1.29 is 87.1 Å². The van der Waals surface area contributed by atoms with Crippen LogP contribution < -0.4 is 29.6 Å². The van der Waals surface area contributed by atoms with Crippen molar-refractivity contribution in [1.82, 2.24) is 10.6 Å². The molecule has 0 aliphatic carbocycles. The topological polar surface area (TPSA) is 281 Å². The predicted octanol–water partition coefficient (Wildman–Crippen LogP) is 10.3. The number of rotatable bonds is 36. The zero-order chi connectivity index (χ0) is 62.6. The van der Waals surface area contributed by atoms with E-state index < -0.39 is 77.7 Å². The van der Waals surface area contributed by atoms with Crippen LogP contribution in [0, 0.1) is 47.3 Å². The summed E-state index contributed by atoms with van der Waals surface area (Å²) in [4.78, 5) is 76.9. The molecule has 83 heavy (non-hydrogen) atoms. The number of nitrogens with one attached hydrogen (secondary N) is 2. The third-order valence-corrected chi connectivity index (χ3v) is 14.1. The summed E-state index contributed by atoms with van der Waals surface area (Å²) in [7, 11) is 6.26. The molecular formula is C63H96N2O18. The van der Waals surface area contributed by atoms with E-state index in [0.29, 0.717) is 73.4 Å². The highest BCUT2D eigenvalue weighted by Gasteiger charge is 2.37. The lowest BCUT2D eigenvalue weighted by Crippen LogP contribution is -2.48. The Morgan fingerprint density at radius 1 is 0.494 bits per heavy atom. The van der Waals surface area contributed by atoms with E-state index in [2.05, 4.69) is 10.6 Å². The van der Waals surface area contributed by atoms with E-state index in [9.17, 15) is 49.2 Å². The van der Waals surface area contributed by atoms with Crippen LogP contribution in [0.25, 0.3) is 0 Å². The standard InChI is InChI=1S/C33H47NO9.C30H49NO9/c1-21(2)25(31(36)24-13-14-29(41-6)30(17-24)42-16-10-15-40-5)18-27(28(35)19-26(22(3)4)32(37)38)34-33(39)43-20-23-11-8-7-9-12-23;1-18(2)21(27(33)20-11-12-25(38-9)26(15-20)39-14-10-13-37-8)16-23(31-29(36)40-30(5,6)7)24(32)17-22(19(3)4)28(34)35/h7-9,11-14,17,21-22,25-28,35H,10,15-16,18-20H2,1-6H3,(H,34,39)(H,37,38);11-12,15,18-19,21-24,32H,10,13-14,16-17H2,1-9H3,(H,31,36)(H,34,35)/t25-,26-,27-,28-;21-,22-,23-,24-/m00/s1. The number of hydrogen-bond acceptors (Lipinski definition) is 16. The van der Waals surface area contributed by atoms with E-state index in [1.165, 1.54) is 14.2 Å². The highest BCUT2D eigenvalue weighted by molar-refractivity contribution is 5.99. The van der Waals surface area contributed by atoms with Gasteiger partial charge >= 0.3 is 24.1 Å². The molecule has 0 fully saturated rings. The van der Waals surface area contributed by atoms with Gasteiger partial charge in [0.25, 0.3) is 0 Å². The highest BCUT2D eigenvalue weighted by Crippen LogP contribution is 2.34. The summed E-state index contributed by atoms with van der Waals surface area (Å²) in [5, 5.41) is 47.2. The Hall–Kier alpha value is -6.48. The normalized spacial score (nSPS) is 14.4. The van der Waals surface area contributed by atoms with Gasteiger partial charge in [-0.3, -0.25) is 19.2 Å². The molecule has 0 spiro atoms. The smallest absolute Gasteiger partial charge is 0.407 e. The minimum absolute atomic E-state index is 0.0186. The van der Waals surface area contributed by atoms with Gasteiger partial charge < -0.3 is 69.0 Å². The fraction of sp³-hybridized carbons (Fsp3) is 0.619. The van der Waals surface area contributed by atoms with Crippen LogP contribution in [0.5, 0.6) is 23.0 Å². The zero-order valence-corrected chi connectivity index (χ0v) is 51.6. The Bertz CT molecular complexity index is 2440. The number of carboxylic acids is 2. The van der Waals surface area contributed by atoms with Crippen molar-refractivity contribution in [3.8, 4) is 23.0 Å². The van der Waals surface area contributed by atoms with Crippen molar-refractivity contribution in [2.75, 3.05) is 54.9 Å². The molecule has 0 radical (unpaired) electrons. The van der Waals surface area contributed by atoms with Crippen molar-refractivity contribution in [3.63, 3.8) is 0 Å². The number of Topliss-reactive ketones (excluding diaryl/α,β-unsaturated/α-hetero) is 2. The molecule has 0 bridgehead atoms. The van der Waals surface area contributed by atoms with Crippen LogP contribution in [0.15, 0.2) is 66.7 Å².